The highest BCUT2D eigenvalue weighted by molar-refractivity contribution is 6.32. The fourth-order valence-electron chi connectivity index (χ4n) is 3.25. The number of ether oxygens (including phenoxy) is 2. The maximum Gasteiger partial charge on any atom is 0.251 e. The summed E-state index contributed by atoms with van der Waals surface area (Å²) in [5.41, 5.74) is 0.632. The third-order valence-electron chi connectivity index (χ3n) is 4.69. The summed E-state index contributed by atoms with van der Waals surface area (Å²) in [6, 6.07) is 5.13. The van der Waals surface area contributed by atoms with Crippen molar-refractivity contribution in [2.75, 3.05) is 51.8 Å². The van der Waals surface area contributed by atoms with E-state index in [1.165, 1.54) is 0 Å². The zero-order valence-electron chi connectivity index (χ0n) is 14.9. The molecule has 0 saturated carbocycles. The van der Waals surface area contributed by atoms with Gasteiger partial charge in [0.15, 0.2) is 0 Å². The average molecular weight is 382 g/mol. The number of carbonyl (C=O) groups is 2. The van der Waals surface area contributed by atoms with E-state index >= 15 is 0 Å². The zero-order valence-corrected chi connectivity index (χ0v) is 15.6. The van der Waals surface area contributed by atoms with E-state index in [1.807, 2.05) is 9.80 Å². The number of piperazine rings is 1. The van der Waals surface area contributed by atoms with Crippen molar-refractivity contribution in [3.63, 3.8) is 0 Å². The van der Waals surface area contributed by atoms with E-state index in [0.717, 1.165) is 12.8 Å². The molecule has 142 valence electrons. The molecule has 8 heteroatoms. The molecular formula is C18H24ClN3O4. The van der Waals surface area contributed by atoms with Crippen molar-refractivity contribution in [1.29, 1.82) is 0 Å². The summed E-state index contributed by atoms with van der Waals surface area (Å²) < 4.78 is 10.6. The molecular weight excluding hydrogens is 358 g/mol. The van der Waals surface area contributed by atoms with Crippen LogP contribution in [0.2, 0.25) is 5.02 Å². The van der Waals surface area contributed by atoms with Gasteiger partial charge in [-0.2, -0.15) is 0 Å². The monoisotopic (exact) mass is 381 g/mol. The van der Waals surface area contributed by atoms with Crippen molar-refractivity contribution in [3.8, 4) is 5.75 Å². The van der Waals surface area contributed by atoms with Gasteiger partial charge in [0.25, 0.3) is 5.91 Å². The Kier molecular flexibility index (Phi) is 6.34. The number of hydrogen-bond donors (Lipinski definition) is 1. The lowest BCUT2D eigenvalue weighted by Gasteiger charge is -2.35. The summed E-state index contributed by atoms with van der Waals surface area (Å²) in [7, 11) is 1.54. The smallest absolute Gasteiger partial charge is 0.251 e. The number of carbonyl (C=O) groups excluding carboxylic acids is 2. The van der Waals surface area contributed by atoms with Gasteiger partial charge < -0.3 is 19.7 Å². The molecule has 2 aliphatic heterocycles. The number of anilines is 1. The minimum absolute atomic E-state index is 0.0828. The third-order valence-corrected chi connectivity index (χ3v) is 4.99. The number of hydrogen-bond acceptors (Lipinski definition) is 5. The lowest BCUT2D eigenvalue weighted by Crippen LogP contribution is -2.52. The zero-order chi connectivity index (χ0) is 18.5. The molecule has 2 saturated heterocycles. The molecule has 3 rings (SSSR count). The number of halogens is 1. The minimum atomic E-state index is -0.273. The molecule has 0 bridgehead atoms. The van der Waals surface area contributed by atoms with Crippen molar-refractivity contribution in [1.82, 2.24) is 9.80 Å². The second-order valence-electron chi connectivity index (χ2n) is 6.50. The lowest BCUT2D eigenvalue weighted by molar-refractivity contribution is -0.142. The summed E-state index contributed by atoms with van der Waals surface area (Å²) in [5, 5.41) is 3.29. The van der Waals surface area contributed by atoms with Gasteiger partial charge in [0.1, 0.15) is 11.9 Å². The summed E-state index contributed by atoms with van der Waals surface area (Å²) in [4.78, 5) is 28.5. The first-order valence-corrected chi connectivity index (χ1v) is 9.21. The van der Waals surface area contributed by atoms with Gasteiger partial charge in [-0.25, -0.2) is 0 Å². The summed E-state index contributed by atoms with van der Waals surface area (Å²) >= 11 is 6.07. The van der Waals surface area contributed by atoms with Crippen molar-refractivity contribution < 1.29 is 19.1 Å². The number of nitrogens with one attached hydrogen (secondary N) is 1. The Morgan fingerprint density at radius 3 is 2.69 bits per heavy atom. The van der Waals surface area contributed by atoms with Gasteiger partial charge in [0, 0.05) is 38.5 Å². The van der Waals surface area contributed by atoms with Crippen molar-refractivity contribution in [2.24, 2.45) is 0 Å². The van der Waals surface area contributed by atoms with Crippen molar-refractivity contribution in [2.45, 2.75) is 18.9 Å². The first kappa shape index (κ1) is 18.9. The Morgan fingerprint density at radius 1 is 1.31 bits per heavy atom. The van der Waals surface area contributed by atoms with Gasteiger partial charge in [-0.15, -0.1) is 0 Å². The molecule has 1 aromatic carbocycles. The molecule has 1 aromatic rings. The fourth-order valence-corrected chi connectivity index (χ4v) is 3.51. The molecule has 0 radical (unpaired) electrons. The van der Waals surface area contributed by atoms with E-state index < -0.39 is 0 Å². The van der Waals surface area contributed by atoms with Gasteiger partial charge >= 0.3 is 0 Å². The van der Waals surface area contributed by atoms with Crippen molar-refractivity contribution >= 4 is 29.1 Å². The van der Waals surface area contributed by atoms with Crippen LogP contribution in [-0.4, -0.2) is 74.2 Å². The number of benzene rings is 1. The van der Waals surface area contributed by atoms with Crippen molar-refractivity contribution in [3.05, 3.63) is 23.2 Å². The Morgan fingerprint density at radius 2 is 2.08 bits per heavy atom. The molecule has 7 nitrogen and oxygen atoms in total. The quantitative estimate of drug-likeness (QED) is 0.839. The van der Waals surface area contributed by atoms with Crippen LogP contribution in [0.4, 0.5) is 5.69 Å². The molecule has 26 heavy (non-hydrogen) atoms. The normalized spacial score (nSPS) is 20.8. The maximum absolute atomic E-state index is 12.3. The predicted octanol–water partition coefficient (Wildman–Crippen LogP) is 1.61. The van der Waals surface area contributed by atoms with Gasteiger partial charge in [-0.1, -0.05) is 11.6 Å². The summed E-state index contributed by atoms with van der Waals surface area (Å²) in [6.07, 6.45) is 1.49. The Balaban J connectivity index is 1.44. The second kappa shape index (κ2) is 8.70. The molecule has 1 N–H and O–H groups in total. The van der Waals surface area contributed by atoms with E-state index in [0.29, 0.717) is 49.2 Å². The van der Waals surface area contributed by atoms with Gasteiger partial charge in [-0.05, 0) is 31.0 Å². The molecule has 0 aliphatic carbocycles. The Labute approximate surface area is 158 Å². The van der Waals surface area contributed by atoms with E-state index in [2.05, 4.69) is 5.32 Å². The van der Waals surface area contributed by atoms with Crippen LogP contribution in [0, 0.1) is 0 Å². The molecule has 0 unspecified atom stereocenters. The Bertz CT molecular complexity index is 656. The van der Waals surface area contributed by atoms with E-state index in [1.54, 1.807) is 25.3 Å². The highest BCUT2D eigenvalue weighted by Gasteiger charge is 2.30. The maximum atomic E-state index is 12.3. The van der Waals surface area contributed by atoms with Crippen LogP contribution >= 0.6 is 11.6 Å². The van der Waals surface area contributed by atoms with E-state index in [-0.39, 0.29) is 24.5 Å². The molecule has 0 aromatic heterocycles. The van der Waals surface area contributed by atoms with Gasteiger partial charge in [0.05, 0.1) is 18.7 Å². The number of methoxy groups -OCH3 is 1. The third kappa shape index (κ3) is 4.66. The van der Waals surface area contributed by atoms with Crippen LogP contribution in [0.1, 0.15) is 12.8 Å². The van der Waals surface area contributed by atoms with Crippen LogP contribution in [0.3, 0.4) is 0 Å². The largest absolute Gasteiger partial charge is 0.495 e. The first-order chi connectivity index (χ1) is 12.6. The van der Waals surface area contributed by atoms with Crippen LogP contribution in [-0.2, 0) is 14.3 Å². The minimum Gasteiger partial charge on any atom is -0.495 e. The highest BCUT2D eigenvalue weighted by atomic mass is 35.5. The standard InChI is InChI=1S/C18H24ClN3O4/c1-25-15-5-4-13(11-14(15)19)20-17(23)12-21-6-8-22(9-7-21)18(24)16-3-2-10-26-16/h4-5,11,16H,2-3,6-10,12H2,1H3,(H,20,23)/t16-/m0/s1. The number of nitrogens with zero attached hydrogens (tertiary/aromatic N) is 2. The van der Waals surface area contributed by atoms with Gasteiger partial charge in [-0.3, -0.25) is 14.5 Å². The molecule has 2 fully saturated rings. The fraction of sp³-hybridized carbons (Fsp3) is 0.556. The van der Waals surface area contributed by atoms with Crippen LogP contribution in [0.15, 0.2) is 18.2 Å². The molecule has 1 atom stereocenters. The average Bonchev–Trinajstić information content (AvgIpc) is 3.16. The first-order valence-electron chi connectivity index (χ1n) is 8.83. The molecule has 2 heterocycles. The van der Waals surface area contributed by atoms with Gasteiger partial charge in [0.2, 0.25) is 5.91 Å². The molecule has 2 amide bonds. The van der Waals surface area contributed by atoms with E-state index in [9.17, 15) is 9.59 Å². The summed E-state index contributed by atoms with van der Waals surface area (Å²) in [6.45, 7) is 3.56. The number of rotatable bonds is 5. The number of amides is 2. The lowest BCUT2D eigenvalue weighted by atomic mass is 10.2. The van der Waals surface area contributed by atoms with Crippen LogP contribution < -0.4 is 10.1 Å². The predicted molar refractivity (Wildman–Crippen MR) is 98.6 cm³/mol. The second-order valence-corrected chi connectivity index (χ2v) is 6.91. The molecule has 2 aliphatic rings. The van der Waals surface area contributed by atoms with E-state index in [4.69, 9.17) is 21.1 Å². The SMILES string of the molecule is COc1ccc(NC(=O)CN2CCN(C(=O)[C@@H]3CCCO3)CC2)cc1Cl. The molecule has 0 spiro atoms. The Hall–Kier alpha value is -1.83. The topological polar surface area (TPSA) is 71.1 Å². The van der Waals surface area contributed by atoms with Crippen LogP contribution in [0.5, 0.6) is 5.75 Å². The van der Waals surface area contributed by atoms with Crippen LogP contribution in [0.25, 0.3) is 0 Å². The highest BCUT2D eigenvalue weighted by Crippen LogP contribution is 2.27. The summed E-state index contributed by atoms with van der Waals surface area (Å²) in [5.74, 6) is 0.543.